The number of carbonyl (C=O) groups excluding carboxylic acids is 1. The van der Waals surface area contributed by atoms with Crippen molar-refractivity contribution in [1.29, 1.82) is 0 Å². The van der Waals surface area contributed by atoms with Gasteiger partial charge in [-0.25, -0.2) is 4.39 Å². The van der Waals surface area contributed by atoms with Crippen LogP contribution >= 0.6 is 11.8 Å². The second kappa shape index (κ2) is 8.03. The minimum absolute atomic E-state index is 0.0150. The average molecular weight is 327 g/mol. The number of nitrogens with zero attached hydrogens (tertiary/aromatic N) is 1. The predicted octanol–water partition coefficient (Wildman–Crippen LogP) is 2.01. The number of carboxylic acid groups (broad SMARTS) is 1. The van der Waals surface area contributed by atoms with Crippen LogP contribution in [0.25, 0.3) is 0 Å². The first-order valence-corrected chi connectivity index (χ1v) is 8.19. The molecule has 1 heterocycles. The number of likely N-dealkylation sites (tertiary alicyclic amines) is 1. The molecule has 0 saturated carbocycles. The molecule has 1 aliphatic rings. The zero-order valence-corrected chi connectivity index (χ0v) is 12.9. The minimum Gasteiger partial charge on any atom is -0.490 e. The maximum atomic E-state index is 12.8. The Morgan fingerprint density at radius 3 is 2.45 bits per heavy atom. The third-order valence-corrected chi connectivity index (χ3v) is 4.26. The van der Waals surface area contributed by atoms with Crippen LogP contribution in [0.5, 0.6) is 5.75 Å². The normalized spacial score (nSPS) is 15.6. The molecule has 1 fully saturated rings. The molecule has 5 nitrogen and oxygen atoms in total. The molecule has 7 heteroatoms. The van der Waals surface area contributed by atoms with E-state index >= 15 is 0 Å². The summed E-state index contributed by atoms with van der Waals surface area (Å²) >= 11 is 1.11. The summed E-state index contributed by atoms with van der Waals surface area (Å²) in [6.45, 7) is 1.19. The molecule has 120 valence electrons. The molecular weight excluding hydrogens is 309 g/mol. The Morgan fingerprint density at radius 1 is 1.23 bits per heavy atom. The maximum absolute atomic E-state index is 12.8. The van der Waals surface area contributed by atoms with E-state index in [9.17, 15) is 14.0 Å². The van der Waals surface area contributed by atoms with E-state index in [2.05, 4.69) is 0 Å². The van der Waals surface area contributed by atoms with Crippen LogP contribution in [0, 0.1) is 5.82 Å². The van der Waals surface area contributed by atoms with Gasteiger partial charge in [0.25, 0.3) is 0 Å². The number of piperidine rings is 1. The van der Waals surface area contributed by atoms with E-state index in [4.69, 9.17) is 9.84 Å². The first-order valence-electron chi connectivity index (χ1n) is 7.04. The Bertz CT molecular complexity index is 515. The number of aliphatic carboxylic acids is 1. The Kier molecular flexibility index (Phi) is 6.06. The molecule has 0 radical (unpaired) electrons. The number of carbonyl (C=O) groups is 2. The minimum atomic E-state index is -0.913. The largest absolute Gasteiger partial charge is 0.490 e. The molecule has 0 bridgehead atoms. The second-order valence-electron chi connectivity index (χ2n) is 5.04. The number of ether oxygens (including phenoxy) is 1. The first kappa shape index (κ1) is 16.6. The van der Waals surface area contributed by atoms with Crippen LogP contribution in [-0.2, 0) is 9.59 Å². The quantitative estimate of drug-likeness (QED) is 0.866. The predicted molar refractivity (Wildman–Crippen MR) is 81.6 cm³/mol. The molecule has 1 aliphatic heterocycles. The monoisotopic (exact) mass is 327 g/mol. The molecule has 0 unspecified atom stereocenters. The molecule has 0 spiro atoms. The highest BCUT2D eigenvalue weighted by Gasteiger charge is 2.23. The van der Waals surface area contributed by atoms with Gasteiger partial charge in [-0.3, -0.25) is 9.59 Å². The van der Waals surface area contributed by atoms with Gasteiger partial charge >= 0.3 is 5.97 Å². The van der Waals surface area contributed by atoms with Crippen LogP contribution in [-0.4, -0.2) is 52.6 Å². The van der Waals surface area contributed by atoms with Crippen LogP contribution in [0.2, 0.25) is 0 Å². The van der Waals surface area contributed by atoms with Gasteiger partial charge in [0.2, 0.25) is 5.91 Å². The molecule has 1 aromatic rings. The zero-order chi connectivity index (χ0) is 15.9. The van der Waals surface area contributed by atoms with Gasteiger partial charge in [0.05, 0.1) is 11.5 Å². The Hall–Kier alpha value is -1.76. The number of thioether (sulfide) groups is 1. The molecular formula is C15H18FNO4S. The number of rotatable bonds is 6. The van der Waals surface area contributed by atoms with E-state index in [1.807, 2.05) is 0 Å². The van der Waals surface area contributed by atoms with Crippen molar-refractivity contribution < 1.29 is 23.8 Å². The summed E-state index contributed by atoms with van der Waals surface area (Å²) in [6, 6.07) is 5.89. The van der Waals surface area contributed by atoms with E-state index in [0.717, 1.165) is 11.8 Å². The molecule has 1 saturated heterocycles. The topological polar surface area (TPSA) is 66.8 Å². The molecule has 22 heavy (non-hydrogen) atoms. The van der Waals surface area contributed by atoms with Gasteiger partial charge in [-0.15, -0.1) is 11.8 Å². The van der Waals surface area contributed by atoms with Gasteiger partial charge < -0.3 is 14.7 Å². The lowest BCUT2D eigenvalue weighted by atomic mass is 10.1. The van der Waals surface area contributed by atoms with E-state index in [0.29, 0.717) is 31.7 Å². The SMILES string of the molecule is O=C(O)CSCC(=O)N1CCC(Oc2ccc(F)cc2)CC1. The summed E-state index contributed by atoms with van der Waals surface area (Å²) in [7, 11) is 0. The van der Waals surface area contributed by atoms with Crippen molar-refractivity contribution in [3.8, 4) is 5.75 Å². The molecule has 1 N–H and O–H groups in total. The lowest BCUT2D eigenvalue weighted by molar-refractivity contribution is -0.133. The number of benzene rings is 1. The number of hydrogen-bond donors (Lipinski definition) is 1. The Labute approximate surface area is 132 Å². The Balaban J connectivity index is 1.72. The summed E-state index contributed by atoms with van der Waals surface area (Å²) in [5.41, 5.74) is 0. The van der Waals surface area contributed by atoms with Crippen LogP contribution in [0.15, 0.2) is 24.3 Å². The van der Waals surface area contributed by atoms with Gasteiger partial charge in [-0.2, -0.15) is 0 Å². The van der Waals surface area contributed by atoms with Crippen LogP contribution in [0.4, 0.5) is 4.39 Å². The van der Waals surface area contributed by atoms with Crippen molar-refractivity contribution in [2.75, 3.05) is 24.6 Å². The summed E-state index contributed by atoms with van der Waals surface area (Å²) in [4.78, 5) is 24.1. The van der Waals surface area contributed by atoms with E-state index in [1.54, 1.807) is 17.0 Å². The Morgan fingerprint density at radius 2 is 1.86 bits per heavy atom. The van der Waals surface area contributed by atoms with E-state index in [-0.39, 0.29) is 29.3 Å². The molecule has 0 atom stereocenters. The van der Waals surface area contributed by atoms with Crippen molar-refractivity contribution in [2.24, 2.45) is 0 Å². The fraction of sp³-hybridized carbons (Fsp3) is 0.467. The fourth-order valence-electron chi connectivity index (χ4n) is 2.25. The van der Waals surface area contributed by atoms with Crippen molar-refractivity contribution in [3.63, 3.8) is 0 Å². The molecule has 2 rings (SSSR count). The molecule has 0 aliphatic carbocycles. The summed E-state index contributed by atoms with van der Waals surface area (Å²) in [6.07, 6.45) is 1.44. The van der Waals surface area contributed by atoms with Crippen LogP contribution < -0.4 is 4.74 Å². The van der Waals surface area contributed by atoms with Gasteiger partial charge in [-0.05, 0) is 24.3 Å². The van der Waals surface area contributed by atoms with Crippen LogP contribution in [0.3, 0.4) is 0 Å². The number of hydrogen-bond acceptors (Lipinski definition) is 4. The van der Waals surface area contributed by atoms with Crippen molar-refractivity contribution in [1.82, 2.24) is 4.90 Å². The average Bonchev–Trinajstić information content (AvgIpc) is 2.50. The summed E-state index contributed by atoms with van der Waals surface area (Å²) < 4.78 is 18.6. The third kappa shape index (κ3) is 5.22. The highest BCUT2D eigenvalue weighted by atomic mass is 32.2. The molecule has 0 aromatic heterocycles. The third-order valence-electron chi connectivity index (χ3n) is 3.36. The smallest absolute Gasteiger partial charge is 0.313 e. The summed E-state index contributed by atoms with van der Waals surface area (Å²) in [5, 5.41) is 8.54. The highest BCUT2D eigenvalue weighted by Crippen LogP contribution is 2.20. The van der Waals surface area contributed by atoms with Crippen molar-refractivity contribution in [3.05, 3.63) is 30.1 Å². The lowest BCUT2D eigenvalue weighted by Crippen LogP contribution is -2.42. The van der Waals surface area contributed by atoms with Gasteiger partial charge in [0, 0.05) is 25.9 Å². The standard InChI is InChI=1S/C15H18FNO4S/c16-11-1-3-12(4-2-11)21-13-5-7-17(8-6-13)14(18)9-22-10-15(19)20/h1-4,13H,5-10H2,(H,19,20). The molecule has 1 aromatic carbocycles. The van der Waals surface area contributed by atoms with E-state index in [1.165, 1.54) is 12.1 Å². The number of halogens is 1. The first-order chi connectivity index (χ1) is 10.5. The van der Waals surface area contributed by atoms with Crippen molar-refractivity contribution in [2.45, 2.75) is 18.9 Å². The van der Waals surface area contributed by atoms with Gasteiger partial charge in [0.1, 0.15) is 17.7 Å². The summed E-state index contributed by atoms with van der Waals surface area (Å²) in [5.74, 6) is -0.489. The van der Waals surface area contributed by atoms with Gasteiger partial charge in [0.15, 0.2) is 0 Å². The van der Waals surface area contributed by atoms with Crippen molar-refractivity contribution >= 4 is 23.6 Å². The van der Waals surface area contributed by atoms with Gasteiger partial charge in [-0.1, -0.05) is 0 Å². The zero-order valence-electron chi connectivity index (χ0n) is 12.0. The maximum Gasteiger partial charge on any atom is 0.313 e. The van der Waals surface area contributed by atoms with E-state index < -0.39 is 5.97 Å². The number of amides is 1. The molecule has 1 amide bonds. The van der Waals surface area contributed by atoms with Crippen LogP contribution in [0.1, 0.15) is 12.8 Å². The fourth-order valence-corrected chi connectivity index (χ4v) is 2.88. The number of carboxylic acids is 1. The highest BCUT2D eigenvalue weighted by molar-refractivity contribution is 8.00. The lowest BCUT2D eigenvalue weighted by Gasteiger charge is -2.32. The second-order valence-corrected chi connectivity index (χ2v) is 6.02.